The molecule has 8 nitrogen and oxygen atoms in total. The number of hydrogen-bond donors (Lipinski definition) is 4. The largest absolute Gasteiger partial charge is 0.404 e. The zero-order valence-electron chi connectivity index (χ0n) is 15.9. The normalized spacial score (nSPS) is 15.4. The van der Waals surface area contributed by atoms with E-state index in [9.17, 15) is 4.79 Å². The van der Waals surface area contributed by atoms with Gasteiger partial charge in [-0.1, -0.05) is 6.42 Å². The van der Waals surface area contributed by atoms with Crippen molar-refractivity contribution in [2.24, 2.45) is 5.73 Å². The van der Waals surface area contributed by atoms with Crippen molar-refractivity contribution in [1.82, 2.24) is 20.2 Å². The van der Waals surface area contributed by atoms with E-state index < -0.39 is 0 Å². The van der Waals surface area contributed by atoms with Crippen LogP contribution in [0.3, 0.4) is 0 Å². The molecule has 0 spiro atoms. The van der Waals surface area contributed by atoms with Crippen LogP contribution in [0.2, 0.25) is 0 Å². The van der Waals surface area contributed by atoms with Crippen molar-refractivity contribution in [1.29, 1.82) is 5.41 Å². The third-order valence-corrected chi connectivity index (χ3v) is 4.83. The van der Waals surface area contributed by atoms with Crippen LogP contribution in [0, 0.1) is 5.41 Å². The maximum atomic E-state index is 12.1. The predicted molar refractivity (Wildman–Crippen MR) is 112 cm³/mol. The molecule has 3 heterocycles. The van der Waals surface area contributed by atoms with Crippen LogP contribution in [0.15, 0.2) is 30.6 Å². The molecule has 2 amide bonds. The van der Waals surface area contributed by atoms with Gasteiger partial charge in [0.1, 0.15) is 5.82 Å². The molecule has 1 aliphatic rings. The highest BCUT2D eigenvalue weighted by molar-refractivity contribution is 6.08. The van der Waals surface area contributed by atoms with Crippen LogP contribution in [0.25, 0.3) is 16.6 Å². The first-order chi connectivity index (χ1) is 13.7. The van der Waals surface area contributed by atoms with Gasteiger partial charge in [-0.15, -0.1) is 0 Å². The molecular formula is C20H27N7O. The number of allylic oxidation sites excluding steroid dienone is 1. The Morgan fingerprint density at radius 2 is 2.07 bits per heavy atom. The number of hydrogen-bond acceptors (Lipinski definition) is 6. The van der Waals surface area contributed by atoms with Gasteiger partial charge < -0.3 is 21.4 Å². The highest BCUT2D eigenvalue weighted by Gasteiger charge is 2.10. The minimum absolute atomic E-state index is 0.267. The Morgan fingerprint density at radius 3 is 2.82 bits per heavy atom. The summed E-state index contributed by atoms with van der Waals surface area (Å²) in [5.74, 6) is 0.452. The Hall–Kier alpha value is -3.00. The van der Waals surface area contributed by atoms with Gasteiger partial charge >= 0.3 is 6.03 Å². The quantitative estimate of drug-likeness (QED) is 0.434. The van der Waals surface area contributed by atoms with Gasteiger partial charge in [-0.05, 0) is 57.1 Å². The lowest BCUT2D eigenvalue weighted by Crippen LogP contribution is -2.34. The number of nitrogens with zero attached hydrogens (tertiary/aromatic N) is 3. The zero-order valence-corrected chi connectivity index (χ0v) is 15.9. The summed E-state index contributed by atoms with van der Waals surface area (Å²) in [7, 11) is 0. The Morgan fingerprint density at radius 1 is 1.25 bits per heavy atom. The molecule has 0 aromatic carbocycles. The first-order valence-corrected chi connectivity index (χ1v) is 9.66. The number of carbonyl (C=O) groups is 1. The van der Waals surface area contributed by atoms with Crippen molar-refractivity contribution in [3.05, 3.63) is 36.2 Å². The molecule has 2 aromatic heterocycles. The first-order valence-electron chi connectivity index (χ1n) is 9.66. The predicted octanol–water partition coefficient (Wildman–Crippen LogP) is 2.58. The maximum absolute atomic E-state index is 12.1. The Balaban J connectivity index is 1.54. The highest BCUT2D eigenvalue weighted by atomic mass is 16.2. The summed E-state index contributed by atoms with van der Waals surface area (Å²) in [6.07, 6.45) is 9.00. The van der Waals surface area contributed by atoms with Crippen LogP contribution in [0.1, 0.15) is 31.2 Å². The van der Waals surface area contributed by atoms with Gasteiger partial charge in [0.15, 0.2) is 0 Å². The van der Waals surface area contributed by atoms with Crippen molar-refractivity contribution >= 4 is 34.7 Å². The second-order valence-electron chi connectivity index (χ2n) is 6.86. The summed E-state index contributed by atoms with van der Waals surface area (Å²) in [6, 6.07) is 5.05. The van der Waals surface area contributed by atoms with E-state index in [4.69, 9.17) is 11.1 Å². The number of piperidine rings is 1. The van der Waals surface area contributed by atoms with Gasteiger partial charge in [-0.2, -0.15) is 0 Å². The lowest BCUT2D eigenvalue weighted by atomic mass is 10.1. The molecule has 2 aromatic rings. The summed E-state index contributed by atoms with van der Waals surface area (Å²) in [4.78, 5) is 23.3. The van der Waals surface area contributed by atoms with Crippen molar-refractivity contribution in [3.63, 3.8) is 0 Å². The summed E-state index contributed by atoms with van der Waals surface area (Å²) in [5.41, 5.74) is 8.13. The molecule has 5 N–H and O–H groups in total. The molecule has 0 unspecified atom stereocenters. The average molecular weight is 381 g/mol. The van der Waals surface area contributed by atoms with E-state index in [1.54, 1.807) is 24.4 Å². The maximum Gasteiger partial charge on any atom is 0.320 e. The van der Waals surface area contributed by atoms with E-state index in [0.717, 1.165) is 13.0 Å². The molecule has 1 fully saturated rings. The molecule has 0 atom stereocenters. The van der Waals surface area contributed by atoms with Crippen LogP contribution < -0.4 is 16.4 Å². The number of urea groups is 1. The number of rotatable bonds is 7. The fourth-order valence-electron chi connectivity index (χ4n) is 3.31. The third kappa shape index (κ3) is 5.26. The van der Waals surface area contributed by atoms with Crippen LogP contribution in [-0.2, 0) is 0 Å². The number of anilines is 1. The Kier molecular flexibility index (Phi) is 6.91. The number of aromatic nitrogens is 2. The number of fused-ring (bicyclic) bond motifs is 1. The van der Waals surface area contributed by atoms with Crippen LogP contribution >= 0.6 is 0 Å². The molecule has 0 bridgehead atoms. The van der Waals surface area contributed by atoms with E-state index in [0.29, 0.717) is 34.5 Å². The van der Waals surface area contributed by atoms with Crippen LogP contribution in [-0.4, -0.2) is 53.3 Å². The SMILES string of the molecule is N=CC(=CN)c1cnc2ccc(NC(=O)NCCCN3CCCCC3)nc2c1. The molecule has 0 saturated carbocycles. The Bertz CT molecular complexity index is 859. The number of pyridine rings is 2. The van der Waals surface area contributed by atoms with E-state index in [1.807, 2.05) is 0 Å². The van der Waals surface area contributed by atoms with E-state index in [2.05, 4.69) is 25.5 Å². The van der Waals surface area contributed by atoms with Gasteiger partial charge in [-0.25, -0.2) is 9.78 Å². The monoisotopic (exact) mass is 381 g/mol. The highest BCUT2D eigenvalue weighted by Crippen LogP contribution is 2.18. The van der Waals surface area contributed by atoms with Crippen molar-refractivity contribution in [3.8, 4) is 0 Å². The molecule has 0 radical (unpaired) electrons. The van der Waals surface area contributed by atoms with Crippen LogP contribution in [0.4, 0.5) is 10.6 Å². The van der Waals surface area contributed by atoms with Gasteiger partial charge in [0, 0.05) is 36.3 Å². The van der Waals surface area contributed by atoms with E-state index in [1.165, 1.54) is 44.8 Å². The standard InChI is InChI=1S/C20H27N7O/c21-12-16(13-22)15-11-18-17(24-14-15)5-6-19(25-18)26-20(28)23-7-4-10-27-8-2-1-3-9-27/h5-6,11-14,21H,1-4,7-10,22H2,(H2,23,25,26,28). The minimum atomic E-state index is -0.267. The topological polar surface area (TPSA) is 120 Å². The zero-order chi connectivity index (χ0) is 19.8. The molecular weight excluding hydrogens is 354 g/mol. The molecule has 28 heavy (non-hydrogen) atoms. The number of likely N-dealkylation sites (tertiary alicyclic amines) is 1. The van der Waals surface area contributed by atoms with Crippen molar-refractivity contribution in [2.75, 3.05) is 31.5 Å². The summed E-state index contributed by atoms with van der Waals surface area (Å²) < 4.78 is 0. The second kappa shape index (κ2) is 9.80. The second-order valence-corrected chi connectivity index (χ2v) is 6.86. The van der Waals surface area contributed by atoms with Crippen molar-refractivity contribution in [2.45, 2.75) is 25.7 Å². The molecule has 1 saturated heterocycles. The lowest BCUT2D eigenvalue weighted by Gasteiger charge is -2.26. The van der Waals surface area contributed by atoms with Gasteiger partial charge in [-0.3, -0.25) is 10.3 Å². The van der Waals surface area contributed by atoms with Crippen LogP contribution in [0.5, 0.6) is 0 Å². The number of amides is 2. The Labute approximate surface area is 164 Å². The minimum Gasteiger partial charge on any atom is -0.404 e. The average Bonchev–Trinajstić information content (AvgIpc) is 2.73. The number of nitrogens with two attached hydrogens (primary N) is 1. The first kappa shape index (κ1) is 19.8. The molecule has 3 rings (SSSR count). The van der Waals surface area contributed by atoms with E-state index >= 15 is 0 Å². The smallest absolute Gasteiger partial charge is 0.320 e. The number of carbonyl (C=O) groups excluding carboxylic acids is 1. The van der Waals surface area contributed by atoms with E-state index in [-0.39, 0.29) is 6.03 Å². The van der Waals surface area contributed by atoms with Gasteiger partial charge in [0.2, 0.25) is 0 Å². The lowest BCUT2D eigenvalue weighted by molar-refractivity contribution is 0.224. The van der Waals surface area contributed by atoms with Gasteiger partial charge in [0.25, 0.3) is 0 Å². The summed E-state index contributed by atoms with van der Waals surface area (Å²) in [6.45, 7) is 3.99. The fraction of sp³-hybridized carbons (Fsp3) is 0.400. The molecule has 1 aliphatic heterocycles. The van der Waals surface area contributed by atoms with Gasteiger partial charge in [0.05, 0.1) is 11.0 Å². The molecule has 0 aliphatic carbocycles. The summed E-state index contributed by atoms with van der Waals surface area (Å²) in [5, 5.41) is 13.0. The fourth-order valence-corrected chi connectivity index (χ4v) is 3.31. The third-order valence-electron chi connectivity index (χ3n) is 4.83. The summed E-state index contributed by atoms with van der Waals surface area (Å²) >= 11 is 0. The molecule has 148 valence electrons. The van der Waals surface area contributed by atoms with Crippen molar-refractivity contribution < 1.29 is 4.79 Å². The number of nitrogens with one attached hydrogen (secondary N) is 3. The molecule has 8 heteroatoms.